The van der Waals surface area contributed by atoms with Crippen molar-refractivity contribution in [1.29, 1.82) is 0 Å². The van der Waals surface area contributed by atoms with Gasteiger partial charge in [0.2, 0.25) is 5.88 Å². The van der Waals surface area contributed by atoms with Gasteiger partial charge in [0.25, 0.3) is 0 Å². The minimum atomic E-state index is -0.951. The van der Waals surface area contributed by atoms with Gasteiger partial charge in [0.05, 0.1) is 16.9 Å². The minimum absolute atomic E-state index is 0.241. The van der Waals surface area contributed by atoms with Crippen molar-refractivity contribution in [2.24, 2.45) is 0 Å². The van der Waals surface area contributed by atoms with E-state index in [1.807, 2.05) is 36.4 Å². The summed E-state index contributed by atoms with van der Waals surface area (Å²) in [4.78, 5) is 11.1. The zero-order valence-electron chi connectivity index (χ0n) is 11.6. The van der Waals surface area contributed by atoms with E-state index in [4.69, 9.17) is 9.84 Å². The number of hydrogen-bond donors (Lipinski definition) is 1. The van der Waals surface area contributed by atoms with Crippen LogP contribution in [-0.2, 0) is 6.61 Å². The first kappa shape index (κ1) is 12.6. The van der Waals surface area contributed by atoms with Crippen LogP contribution in [0, 0.1) is 0 Å². The first-order valence-electron chi connectivity index (χ1n) is 6.87. The van der Waals surface area contributed by atoms with E-state index >= 15 is 0 Å². The molecular formula is C17H12N2O3. The van der Waals surface area contributed by atoms with Crippen LogP contribution >= 0.6 is 0 Å². The summed E-state index contributed by atoms with van der Waals surface area (Å²) in [5.41, 5.74) is 3.75. The second-order valence-corrected chi connectivity index (χ2v) is 5.08. The van der Waals surface area contributed by atoms with E-state index in [2.05, 4.69) is 5.10 Å². The van der Waals surface area contributed by atoms with Gasteiger partial charge in [-0.3, -0.25) is 0 Å². The highest BCUT2D eigenvalue weighted by Crippen LogP contribution is 2.31. The zero-order valence-corrected chi connectivity index (χ0v) is 11.6. The van der Waals surface area contributed by atoms with Crippen molar-refractivity contribution in [3.63, 3.8) is 0 Å². The van der Waals surface area contributed by atoms with Gasteiger partial charge in [-0.2, -0.15) is 5.10 Å². The predicted octanol–water partition coefficient (Wildman–Crippen LogP) is 3.13. The molecule has 0 radical (unpaired) electrons. The minimum Gasteiger partial charge on any atom is -0.478 e. The molecule has 2 heterocycles. The maximum Gasteiger partial charge on any atom is 0.335 e. The molecule has 0 atom stereocenters. The number of carboxylic acids is 1. The highest BCUT2D eigenvalue weighted by molar-refractivity contribution is 5.89. The number of benzene rings is 2. The topological polar surface area (TPSA) is 64.3 Å². The van der Waals surface area contributed by atoms with Gasteiger partial charge >= 0.3 is 5.97 Å². The molecule has 1 N–H and O–H groups in total. The third-order valence-corrected chi connectivity index (χ3v) is 3.68. The molecule has 0 saturated heterocycles. The van der Waals surface area contributed by atoms with Crippen molar-refractivity contribution in [1.82, 2.24) is 9.78 Å². The molecule has 1 aromatic heterocycles. The van der Waals surface area contributed by atoms with E-state index in [1.165, 1.54) is 0 Å². The van der Waals surface area contributed by atoms with Crippen molar-refractivity contribution in [3.05, 3.63) is 65.7 Å². The van der Waals surface area contributed by atoms with Crippen LogP contribution in [0.1, 0.15) is 15.9 Å². The molecule has 0 spiro atoms. The molecule has 5 heteroatoms. The molecule has 4 rings (SSSR count). The quantitative estimate of drug-likeness (QED) is 0.788. The molecule has 1 aliphatic rings. The molecule has 0 unspecified atom stereocenters. The highest BCUT2D eigenvalue weighted by atomic mass is 16.5. The number of aromatic nitrogens is 2. The first-order valence-corrected chi connectivity index (χ1v) is 6.87. The van der Waals surface area contributed by atoms with Gasteiger partial charge in [-0.1, -0.05) is 30.3 Å². The Morgan fingerprint density at radius 3 is 2.86 bits per heavy atom. The van der Waals surface area contributed by atoms with Gasteiger partial charge in [0.15, 0.2) is 0 Å². The number of nitrogens with zero attached hydrogens (tertiary/aromatic N) is 2. The molecule has 5 nitrogen and oxygen atoms in total. The molecule has 108 valence electrons. The lowest BCUT2D eigenvalue weighted by Gasteiger charge is -2.18. The Hall–Kier alpha value is -3.08. The van der Waals surface area contributed by atoms with Crippen molar-refractivity contribution < 1.29 is 14.6 Å². The average molecular weight is 292 g/mol. The lowest BCUT2D eigenvalue weighted by Crippen LogP contribution is -2.12. The van der Waals surface area contributed by atoms with Crippen LogP contribution in [0.2, 0.25) is 0 Å². The fourth-order valence-electron chi connectivity index (χ4n) is 2.58. The Morgan fingerprint density at radius 2 is 2.00 bits per heavy atom. The summed E-state index contributed by atoms with van der Waals surface area (Å²) in [7, 11) is 0. The van der Waals surface area contributed by atoms with Crippen LogP contribution in [0.3, 0.4) is 0 Å². The molecule has 0 aliphatic carbocycles. The largest absolute Gasteiger partial charge is 0.478 e. The fourth-order valence-corrected chi connectivity index (χ4v) is 2.58. The van der Waals surface area contributed by atoms with E-state index in [9.17, 15) is 4.79 Å². The Balaban J connectivity index is 1.82. The number of carboxylic acid groups (broad SMARTS) is 1. The normalized spacial score (nSPS) is 12.2. The van der Waals surface area contributed by atoms with Crippen molar-refractivity contribution in [3.8, 4) is 22.8 Å². The highest BCUT2D eigenvalue weighted by Gasteiger charge is 2.19. The summed E-state index contributed by atoms with van der Waals surface area (Å²) < 4.78 is 7.47. The van der Waals surface area contributed by atoms with E-state index in [1.54, 1.807) is 22.9 Å². The van der Waals surface area contributed by atoms with Gasteiger partial charge in [-0.05, 0) is 18.2 Å². The molecule has 2 aromatic carbocycles. The van der Waals surface area contributed by atoms with Gasteiger partial charge in [-0.15, -0.1) is 0 Å². The third-order valence-electron chi connectivity index (χ3n) is 3.68. The number of aromatic carboxylic acids is 1. The van der Waals surface area contributed by atoms with Gasteiger partial charge in [0, 0.05) is 17.2 Å². The molecule has 1 aliphatic heterocycles. The second-order valence-electron chi connectivity index (χ2n) is 5.08. The van der Waals surface area contributed by atoms with E-state index in [0.29, 0.717) is 18.2 Å². The summed E-state index contributed by atoms with van der Waals surface area (Å²) in [6, 6.07) is 16.5. The summed E-state index contributed by atoms with van der Waals surface area (Å²) >= 11 is 0. The molecule has 0 fully saturated rings. The lowest BCUT2D eigenvalue weighted by molar-refractivity contribution is 0.0697. The lowest BCUT2D eigenvalue weighted by atomic mass is 10.1. The van der Waals surface area contributed by atoms with Crippen LogP contribution in [0.15, 0.2) is 54.6 Å². The number of hydrogen-bond acceptors (Lipinski definition) is 3. The van der Waals surface area contributed by atoms with Gasteiger partial charge < -0.3 is 9.84 Å². The molecule has 0 amide bonds. The maximum atomic E-state index is 11.1. The predicted molar refractivity (Wildman–Crippen MR) is 80.3 cm³/mol. The monoisotopic (exact) mass is 292 g/mol. The second kappa shape index (κ2) is 4.73. The summed E-state index contributed by atoms with van der Waals surface area (Å²) in [5.74, 6) is -0.290. The Labute approximate surface area is 126 Å². The smallest absolute Gasteiger partial charge is 0.335 e. The van der Waals surface area contributed by atoms with Crippen LogP contribution < -0.4 is 4.74 Å². The Bertz CT molecular complexity index is 883. The standard InChI is InChI=1S/C17H12N2O3/c20-17(21)12-6-3-5-11(8-12)14-9-16-19(18-14)15-7-2-1-4-13(15)10-22-16/h1-9H,10H2,(H,20,21). The number of fused-ring (bicyclic) bond motifs is 3. The van der Waals surface area contributed by atoms with Crippen LogP contribution in [0.4, 0.5) is 0 Å². The molecule has 22 heavy (non-hydrogen) atoms. The maximum absolute atomic E-state index is 11.1. The molecular weight excluding hydrogens is 280 g/mol. The van der Waals surface area contributed by atoms with Gasteiger partial charge in [-0.25, -0.2) is 9.48 Å². The van der Waals surface area contributed by atoms with E-state index < -0.39 is 5.97 Å². The Kier molecular flexibility index (Phi) is 2.72. The van der Waals surface area contributed by atoms with E-state index in [-0.39, 0.29) is 5.56 Å². The van der Waals surface area contributed by atoms with E-state index in [0.717, 1.165) is 16.8 Å². The molecule has 3 aromatic rings. The van der Waals surface area contributed by atoms with Crippen molar-refractivity contribution >= 4 is 5.97 Å². The first-order chi connectivity index (χ1) is 10.7. The molecule has 0 bridgehead atoms. The summed E-state index contributed by atoms with van der Waals surface area (Å²) in [6.45, 7) is 0.510. The Morgan fingerprint density at radius 1 is 1.14 bits per heavy atom. The van der Waals surface area contributed by atoms with Crippen LogP contribution in [0.5, 0.6) is 5.88 Å². The number of para-hydroxylation sites is 1. The van der Waals surface area contributed by atoms with Crippen molar-refractivity contribution in [2.75, 3.05) is 0 Å². The van der Waals surface area contributed by atoms with Gasteiger partial charge in [0.1, 0.15) is 6.61 Å². The third kappa shape index (κ3) is 1.95. The van der Waals surface area contributed by atoms with Crippen LogP contribution in [-0.4, -0.2) is 20.9 Å². The number of ether oxygens (including phenoxy) is 1. The molecule has 0 saturated carbocycles. The summed E-state index contributed by atoms with van der Waals surface area (Å²) in [6.07, 6.45) is 0. The van der Waals surface area contributed by atoms with Crippen LogP contribution in [0.25, 0.3) is 16.9 Å². The number of carbonyl (C=O) groups is 1. The van der Waals surface area contributed by atoms with Crippen molar-refractivity contribution in [2.45, 2.75) is 6.61 Å². The average Bonchev–Trinajstić information content (AvgIpc) is 2.99. The fraction of sp³-hybridized carbons (Fsp3) is 0.0588. The zero-order chi connectivity index (χ0) is 15.1. The number of rotatable bonds is 2. The summed E-state index contributed by atoms with van der Waals surface area (Å²) in [5, 5.41) is 13.7. The SMILES string of the molecule is O=C(O)c1cccc(-c2cc3n(n2)-c2ccccc2CO3)c1.